The number of hydrogen-bond donors (Lipinski definition) is 3. The molecule has 2 saturated carbocycles. The number of rotatable bonds is 5. The second kappa shape index (κ2) is 8.60. The number of nitrogens with zero attached hydrogens (tertiary/aromatic N) is 5. The second-order valence-corrected chi connectivity index (χ2v) is 9.49. The van der Waals surface area contributed by atoms with E-state index in [0.29, 0.717) is 35.6 Å². The third kappa shape index (κ3) is 3.63. The fourth-order valence-corrected chi connectivity index (χ4v) is 5.54. The SMILES string of the molecule is CNc1cc(-c2cn([C@@H]3CCC[C@@H]3F)c3ncccc23)nc2c(C(=O)N[C@H]3CCC[C@H]3O)cnn12. The Bertz CT molecular complexity index is 1410. The zero-order chi connectivity index (χ0) is 24.1. The van der Waals surface area contributed by atoms with Crippen LogP contribution in [0.5, 0.6) is 0 Å². The van der Waals surface area contributed by atoms with Gasteiger partial charge in [-0.2, -0.15) is 9.61 Å². The van der Waals surface area contributed by atoms with Crippen LogP contribution in [0, 0.1) is 0 Å². The van der Waals surface area contributed by atoms with E-state index in [-0.39, 0.29) is 18.0 Å². The molecule has 2 aliphatic rings. The first-order valence-corrected chi connectivity index (χ1v) is 12.2. The number of aromatic nitrogens is 5. The molecule has 0 aliphatic heterocycles. The number of nitrogens with one attached hydrogen (secondary N) is 2. The predicted octanol–water partition coefficient (Wildman–Crippen LogP) is 3.49. The lowest BCUT2D eigenvalue weighted by molar-refractivity contribution is 0.0874. The summed E-state index contributed by atoms with van der Waals surface area (Å²) in [7, 11) is 1.78. The van der Waals surface area contributed by atoms with Crippen LogP contribution < -0.4 is 10.6 Å². The molecule has 2 fully saturated rings. The summed E-state index contributed by atoms with van der Waals surface area (Å²) in [5.41, 5.74) is 2.94. The third-order valence-electron chi connectivity index (χ3n) is 7.39. The maximum Gasteiger partial charge on any atom is 0.257 e. The summed E-state index contributed by atoms with van der Waals surface area (Å²) in [4.78, 5) is 22.5. The van der Waals surface area contributed by atoms with Crippen LogP contribution in [0.1, 0.15) is 54.9 Å². The fourth-order valence-electron chi connectivity index (χ4n) is 5.54. The number of alkyl halides is 1. The summed E-state index contributed by atoms with van der Waals surface area (Å²) in [6, 6.07) is 5.18. The summed E-state index contributed by atoms with van der Waals surface area (Å²) in [5, 5.41) is 21.5. The van der Waals surface area contributed by atoms with Gasteiger partial charge in [0.15, 0.2) is 5.65 Å². The molecule has 10 heteroatoms. The molecule has 4 atom stereocenters. The minimum Gasteiger partial charge on any atom is -0.391 e. The third-order valence-corrected chi connectivity index (χ3v) is 7.39. The molecule has 0 aromatic carbocycles. The van der Waals surface area contributed by atoms with Gasteiger partial charge >= 0.3 is 0 Å². The smallest absolute Gasteiger partial charge is 0.257 e. The van der Waals surface area contributed by atoms with Crippen molar-refractivity contribution in [3.05, 3.63) is 42.4 Å². The van der Waals surface area contributed by atoms with Crippen LogP contribution in [0.3, 0.4) is 0 Å². The highest BCUT2D eigenvalue weighted by molar-refractivity contribution is 6.01. The van der Waals surface area contributed by atoms with Gasteiger partial charge in [0.1, 0.15) is 23.2 Å². The molecule has 4 aromatic rings. The van der Waals surface area contributed by atoms with Crippen molar-refractivity contribution >= 4 is 28.4 Å². The summed E-state index contributed by atoms with van der Waals surface area (Å²) in [6.07, 6.45) is 8.21. The highest BCUT2D eigenvalue weighted by atomic mass is 19.1. The monoisotopic (exact) mass is 477 g/mol. The Hall–Kier alpha value is -3.53. The van der Waals surface area contributed by atoms with Gasteiger partial charge in [0.05, 0.1) is 30.1 Å². The first kappa shape index (κ1) is 22.0. The molecule has 9 nitrogen and oxygen atoms in total. The molecule has 2 aliphatic carbocycles. The van der Waals surface area contributed by atoms with Crippen LogP contribution in [-0.2, 0) is 0 Å². The number of pyridine rings is 1. The summed E-state index contributed by atoms with van der Waals surface area (Å²) in [6.45, 7) is 0. The minimum absolute atomic E-state index is 0.247. The standard InChI is InChI=1S/C25H28FN7O2/c1-27-22-11-19(16-13-32(20-8-2-6-17(20)26)23-14(16)5-4-10-28-23)30-24-15(12-29-33(22)24)25(35)31-18-7-3-9-21(18)34/h4-5,10-13,17-18,20-21,27,34H,2-3,6-9H2,1H3,(H,31,35)/t17-,18-,20+,21+/m0/s1. The van der Waals surface area contributed by atoms with E-state index in [1.807, 2.05) is 29.0 Å². The van der Waals surface area contributed by atoms with Crippen LogP contribution in [0.15, 0.2) is 36.8 Å². The Morgan fingerprint density at radius 1 is 1.20 bits per heavy atom. The van der Waals surface area contributed by atoms with E-state index in [9.17, 15) is 14.3 Å². The summed E-state index contributed by atoms with van der Waals surface area (Å²) < 4.78 is 18.2. The van der Waals surface area contributed by atoms with Gasteiger partial charge < -0.3 is 20.3 Å². The van der Waals surface area contributed by atoms with Crippen molar-refractivity contribution in [2.75, 3.05) is 12.4 Å². The maximum absolute atomic E-state index is 14.7. The predicted molar refractivity (Wildman–Crippen MR) is 130 cm³/mol. The molecule has 3 N–H and O–H groups in total. The molecule has 6 rings (SSSR count). The highest BCUT2D eigenvalue weighted by Crippen LogP contribution is 2.38. The van der Waals surface area contributed by atoms with Crippen molar-refractivity contribution < 1.29 is 14.3 Å². The van der Waals surface area contributed by atoms with Crippen molar-refractivity contribution in [3.63, 3.8) is 0 Å². The van der Waals surface area contributed by atoms with Gasteiger partial charge in [-0.05, 0) is 50.7 Å². The molecule has 35 heavy (non-hydrogen) atoms. The van der Waals surface area contributed by atoms with Gasteiger partial charge in [-0.25, -0.2) is 14.4 Å². The fraction of sp³-hybridized carbons (Fsp3) is 0.440. The number of fused-ring (bicyclic) bond motifs is 2. The van der Waals surface area contributed by atoms with Crippen LogP contribution in [0.2, 0.25) is 0 Å². The number of anilines is 1. The first-order valence-electron chi connectivity index (χ1n) is 12.2. The molecule has 0 saturated heterocycles. The number of carbonyl (C=O) groups excluding carboxylic acids is 1. The molecule has 0 unspecified atom stereocenters. The van der Waals surface area contributed by atoms with E-state index in [1.165, 1.54) is 6.20 Å². The highest BCUT2D eigenvalue weighted by Gasteiger charge is 2.31. The second-order valence-electron chi connectivity index (χ2n) is 9.49. The van der Waals surface area contributed by atoms with Crippen LogP contribution in [0.4, 0.5) is 10.2 Å². The Morgan fingerprint density at radius 3 is 2.80 bits per heavy atom. The lowest BCUT2D eigenvalue weighted by atomic mass is 10.1. The van der Waals surface area contributed by atoms with E-state index in [2.05, 4.69) is 20.7 Å². The van der Waals surface area contributed by atoms with Crippen molar-refractivity contribution in [2.24, 2.45) is 0 Å². The van der Waals surface area contributed by atoms with Gasteiger partial charge in [0, 0.05) is 36.5 Å². The Balaban J connectivity index is 1.47. The number of carbonyl (C=O) groups is 1. The van der Waals surface area contributed by atoms with E-state index >= 15 is 0 Å². The van der Waals surface area contributed by atoms with Crippen molar-refractivity contribution in [3.8, 4) is 11.3 Å². The van der Waals surface area contributed by atoms with Gasteiger partial charge in [-0.1, -0.05) is 0 Å². The zero-order valence-corrected chi connectivity index (χ0v) is 19.5. The van der Waals surface area contributed by atoms with E-state index < -0.39 is 12.3 Å². The molecule has 0 radical (unpaired) electrons. The molecule has 4 aromatic heterocycles. The summed E-state index contributed by atoms with van der Waals surface area (Å²) in [5.74, 6) is 0.354. The van der Waals surface area contributed by atoms with Crippen molar-refractivity contribution in [2.45, 2.75) is 62.9 Å². The van der Waals surface area contributed by atoms with Crippen LogP contribution in [-0.4, -0.2) is 60.5 Å². The lowest BCUT2D eigenvalue weighted by Crippen LogP contribution is -2.39. The quantitative estimate of drug-likeness (QED) is 0.406. The van der Waals surface area contributed by atoms with E-state index in [1.54, 1.807) is 17.8 Å². The molecule has 0 spiro atoms. The Labute approximate surface area is 201 Å². The molecule has 182 valence electrons. The average molecular weight is 478 g/mol. The van der Waals surface area contributed by atoms with Gasteiger partial charge in [-0.15, -0.1) is 0 Å². The Morgan fingerprint density at radius 2 is 2.06 bits per heavy atom. The van der Waals surface area contributed by atoms with Crippen molar-refractivity contribution in [1.82, 2.24) is 29.5 Å². The van der Waals surface area contributed by atoms with Crippen LogP contribution >= 0.6 is 0 Å². The largest absolute Gasteiger partial charge is 0.391 e. The van der Waals surface area contributed by atoms with Gasteiger partial charge in [0.25, 0.3) is 5.91 Å². The number of amides is 1. The Kier molecular flexibility index (Phi) is 5.40. The molecule has 4 heterocycles. The molecule has 0 bridgehead atoms. The molecule has 1 amide bonds. The minimum atomic E-state index is -0.903. The van der Waals surface area contributed by atoms with Gasteiger partial charge in [-0.3, -0.25) is 4.79 Å². The van der Waals surface area contributed by atoms with Crippen molar-refractivity contribution in [1.29, 1.82) is 0 Å². The van der Waals surface area contributed by atoms with Crippen LogP contribution in [0.25, 0.3) is 27.9 Å². The van der Waals surface area contributed by atoms with E-state index in [0.717, 1.165) is 42.3 Å². The number of halogens is 1. The normalized spacial score (nSPS) is 24.4. The number of hydrogen-bond acceptors (Lipinski definition) is 6. The van der Waals surface area contributed by atoms with Gasteiger partial charge in [0.2, 0.25) is 0 Å². The molecular formula is C25H28FN7O2. The molecular weight excluding hydrogens is 449 g/mol. The topological polar surface area (TPSA) is 109 Å². The number of aliphatic hydroxyl groups is 1. The zero-order valence-electron chi connectivity index (χ0n) is 19.5. The number of aliphatic hydroxyl groups excluding tert-OH is 1. The maximum atomic E-state index is 14.7. The first-order chi connectivity index (χ1) is 17.0. The van der Waals surface area contributed by atoms with E-state index in [4.69, 9.17) is 4.98 Å². The lowest BCUT2D eigenvalue weighted by Gasteiger charge is -2.16. The average Bonchev–Trinajstić information content (AvgIpc) is 3.65. The summed E-state index contributed by atoms with van der Waals surface area (Å²) >= 11 is 0.